The molecule has 2 aliphatic heterocycles. The van der Waals surface area contributed by atoms with E-state index in [1.807, 2.05) is 18.7 Å². The molecule has 1 aromatic heterocycles. The number of halogens is 1. The molecule has 0 spiro atoms. The molecule has 1 unspecified atom stereocenters. The molecule has 2 aromatic rings. The average molecular weight is 363 g/mol. The molecular weight excluding hydrogens is 344 g/mol. The second-order valence-electron chi connectivity index (χ2n) is 6.93. The molecule has 1 saturated heterocycles. The number of benzene rings is 1. The normalized spacial score (nSPS) is 26.0. The Morgan fingerprint density at radius 2 is 2.05 bits per heavy atom. The van der Waals surface area contributed by atoms with E-state index in [1.54, 1.807) is 0 Å². The van der Waals surface area contributed by atoms with Crippen LogP contribution in [0.15, 0.2) is 16.6 Å². The van der Waals surface area contributed by atoms with E-state index in [1.165, 1.54) is 16.6 Å². The lowest BCUT2D eigenvalue weighted by molar-refractivity contribution is 0.0238. The van der Waals surface area contributed by atoms with E-state index >= 15 is 0 Å². The van der Waals surface area contributed by atoms with Crippen LogP contribution < -0.4 is 0 Å². The van der Waals surface area contributed by atoms with Crippen LogP contribution in [-0.4, -0.2) is 28.1 Å². The number of ether oxygens (including phenoxy) is 1. The third kappa shape index (κ3) is 1.45. The maximum Gasteiger partial charge on any atom is 0.411 e. The lowest BCUT2D eigenvalue weighted by Crippen LogP contribution is -2.51. The van der Waals surface area contributed by atoms with Gasteiger partial charge >= 0.3 is 6.09 Å². The zero-order chi connectivity index (χ0) is 15.9. The fourth-order valence-electron chi connectivity index (χ4n) is 4.10. The van der Waals surface area contributed by atoms with Gasteiger partial charge in [-0.2, -0.15) is 0 Å². The van der Waals surface area contributed by atoms with E-state index in [4.69, 9.17) is 4.74 Å². The quantitative estimate of drug-likeness (QED) is 0.761. The van der Waals surface area contributed by atoms with E-state index in [0.717, 1.165) is 22.0 Å². The van der Waals surface area contributed by atoms with E-state index in [0.29, 0.717) is 6.54 Å². The number of hydrogen-bond donors (Lipinski definition) is 1. The van der Waals surface area contributed by atoms with Crippen LogP contribution in [0, 0.1) is 6.92 Å². The highest BCUT2D eigenvalue weighted by Crippen LogP contribution is 2.52. The Labute approximate surface area is 137 Å². The van der Waals surface area contributed by atoms with Crippen molar-refractivity contribution < 1.29 is 9.53 Å². The smallest absolute Gasteiger partial charge is 0.411 e. The van der Waals surface area contributed by atoms with Gasteiger partial charge in [-0.15, -0.1) is 0 Å². The summed E-state index contributed by atoms with van der Waals surface area (Å²) in [6.45, 7) is 8.90. The topological polar surface area (TPSA) is 45.3 Å². The van der Waals surface area contributed by atoms with Crippen LogP contribution in [0.4, 0.5) is 4.79 Å². The molecule has 2 aliphatic rings. The number of nitrogens with one attached hydrogen (secondary N) is 1. The molecule has 1 N–H and O–H groups in total. The maximum atomic E-state index is 12.5. The number of aromatic nitrogens is 1. The first kappa shape index (κ1) is 14.1. The minimum Gasteiger partial charge on any atom is -0.440 e. The van der Waals surface area contributed by atoms with Crippen LogP contribution in [0.1, 0.15) is 37.6 Å². The molecule has 116 valence electrons. The lowest BCUT2D eigenvalue weighted by atomic mass is 9.76. The third-order valence-electron chi connectivity index (χ3n) is 5.58. The first-order valence-electron chi connectivity index (χ1n) is 7.58. The summed E-state index contributed by atoms with van der Waals surface area (Å²) in [5.41, 5.74) is 3.69. The van der Waals surface area contributed by atoms with Crippen molar-refractivity contribution in [1.82, 2.24) is 9.88 Å². The van der Waals surface area contributed by atoms with Gasteiger partial charge < -0.3 is 9.72 Å². The molecule has 4 rings (SSSR count). The molecule has 0 aliphatic carbocycles. The van der Waals surface area contributed by atoms with Crippen molar-refractivity contribution in [1.29, 1.82) is 0 Å². The van der Waals surface area contributed by atoms with E-state index < -0.39 is 11.1 Å². The lowest BCUT2D eigenvalue weighted by Gasteiger charge is -2.40. The highest BCUT2D eigenvalue weighted by atomic mass is 79.9. The number of amides is 1. The summed E-state index contributed by atoms with van der Waals surface area (Å²) < 4.78 is 6.75. The van der Waals surface area contributed by atoms with E-state index in [2.05, 4.69) is 46.9 Å². The average Bonchev–Trinajstić information content (AvgIpc) is 2.74. The Hall–Kier alpha value is -1.49. The van der Waals surface area contributed by atoms with Gasteiger partial charge in [0, 0.05) is 33.2 Å². The Balaban J connectivity index is 2.17. The minimum absolute atomic E-state index is 0.219. The van der Waals surface area contributed by atoms with E-state index in [9.17, 15) is 4.79 Å². The van der Waals surface area contributed by atoms with Gasteiger partial charge in [-0.3, -0.25) is 4.90 Å². The van der Waals surface area contributed by atoms with Gasteiger partial charge in [-0.25, -0.2) is 4.79 Å². The molecular formula is C17H19BrN2O2. The van der Waals surface area contributed by atoms with Crippen molar-refractivity contribution in [3.63, 3.8) is 0 Å². The molecule has 4 nitrogen and oxygen atoms in total. The molecule has 22 heavy (non-hydrogen) atoms. The van der Waals surface area contributed by atoms with Gasteiger partial charge in [-0.05, 0) is 51.8 Å². The van der Waals surface area contributed by atoms with E-state index in [-0.39, 0.29) is 6.09 Å². The van der Waals surface area contributed by atoms with Gasteiger partial charge in [0.1, 0.15) is 11.1 Å². The molecule has 0 radical (unpaired) electrons. The van der Waals surface area contributed by atoms with Crippen LogP contribution >= 0.6 is 15.9 Å². The Bertz CT molecular complexity index is 824. The van der Waals surface area contributed by atoms with Crippen molar-refractivity contribution in [3.05, 3.63) is 33.4 Å². The van der Waals surface area contributed by atoms with Crippen molar-refractivity contribution in [3.8, 4) is 0 Å². The van der Waals surface area contributed by atoms with Crippen LogP contribution in [0.2, 0.25) is 0 Å². The molecule has 1 fully saturated rings. The second kappa shape index (κ2) is 4.07. The number of H-pyrrole nitrogens is 1. The minimum atomic E-state index is -0.590. The monoisotopic (exact) mass is 362 g/mol. The first-order valence-corrected chi connectivity index (χ1v) is 8.37. The Morgan fingerprint density at radius 1 is 1.32 bits per heavy atom. The molecule has 3 heterocycles. The fraction of sp³-hybridized carbons (Fsp3) is 0.471. The predicted octanol–water partition coefficient (Wildman–Crippen LogP) is 4.24. The fourth-order valence-corrected chi connectivity index (χ4v) is 4.82. The predicted molar refractivity (Wildman–Crippen MR) is 89.1 cm³/mol. The molecule has 5 heteroatoms. The molecule has 1 amide bonds. The van der Waals surface area contributed by atoms with Gasteiger partial charge in [-0.1, -0.05) is 15.9 Å². The number of carbonyl (C=O) groups excluding carboxylic acids is 1. The number of rotatable bonds is 0. The van der Waals surface area contributed by atoms with Gasteiger partial charge in [0.15, 0.2) is 0 Å². The SMILES string of the molecule is Cc1[nH]c2ccc(Br)c3c2c1CCN1C(=O)OC(C)(C)C31C. The standard InChI is InChI=1S/C17H19BrN2O2/c1-9-10-7-8-20-15(21)22-16(2,3)17(20,4)14-11(18)5-6-12(19-9)13(10)14/h5-6,19H,7-8H2,1-4H3. The van der Waals surface area contributed by atoms with Gasteiger partial charge in [0.2, 0.25) is 0 Å². The van der Waals surface area contributed by atoms with Gasteiger partial charge in [0.25, 0.3) is 0 Å². The number of carbonyl (C=O) groups is 1. The highest BCUT2D eigenvalue weighted by molar-refractivity contribution is 9.10. The van der Waals surface area contributed by atoms with Crippen LogP contribution in [0.5, 0.6) is 0 Å². The summed E-state index contributed by atoms with van der Waals surface area (Å²) in [4.78, 5) is 17.8. The number of hydrogen-bond acceptors (Lipinski definition) is 2. The maximum absolute atomic E-state index is 12.5. The zero-order valence-electron chi connectivity index (χ0n) is 13.2. The van der Waals surface area contributed by atoms with Crippen molar-refractivity contribution >= 4 is 32.9 Å². The number of aryl methyl sites for hydroxylation is 1. The summed E-state index contributed by atoms with van der Waals surface area (Å²) in [5.74, 6) is 0. The largest absolute Gasteiger partial charge is 0.440 e. The Kier molecular flexibility index (Phi) is 2.62. The van der Waals surface area contributed by atoms with Gasteiger partial charge in [0.05, 0.1) is 0 Å². The molecule has 0 saturated carbocycles. The molecule has 1 atom stereocenters. The number of cyclic esters (lactones) is 1. The number of aromatic amines is 1. The summed E-state index contributed by atoms with van der Waals surface area (Å²) >= 11 is 3.73. The molecule has 0 bridgehead atoms. The van der Waals surface area contributed by atoms with Crippen LogP contribution in [-0.2, 0) is 16.7 Å². The number of nitrogens with zero attached hydrogens (tertiary/aromatic N) is 1. The second-order valence-corrected chi connectivity index (χ2v) is 7.78. The van der Waals surface area contributed by atoms with Crippen LogP contribution in [0.3, 0.4) is 0 Å². The highest BCUT2D eigenvalue weighted by Gasteiger charge is 2.60. The summed E-state index contributed by atoms with van der Waals surface area (Å²) in [6.07, 6.45) is 0.624. The van der Waals surface area contributed by atoms with Crippen molar-refractivity contribution in [2.24, 2.45) is 0 Å². The number of fused-ring (bicyclic) bond motifs is 2. The molecule has 1 aromatic carbocycles. The summed E-state index contributed by atoms with van der Waals surface area (Å²) in [6, 6.07) is 4.16. The summed E-state index contributed by atoms with van der Waals surface area (Å²) in [7, 11) is 0. The third-order valence-corrected chi connectivity index (χ3v) is 6.24. The first-order chi connectivity index (χ1) is 10.3. The van der Waals surface area contributed by atoms with Crippen LogP contribution in [0.25, 0.3) is 10.9 Å². The van der Waals surface area contributed by atoms with Crippen molar-refractivity contribution in [2.75, 3.05) is 6.54 Å². The van der Waals surface area contributed by atoms with Crippen molar-refractivity contribution in [2.45, 2.75) is 45.3 Å². The summed E-state index contributed by atoms with van der Waals surface area (Å²) in [5, 5.41) is 1.24. The zero-order valence-corrected chi connectivity index (χ0v) is 14.8. The Morgan fingerprint density at radius 3 is 2.77 bits per heavy atom.